The van der Waals surface area contributed by atoms with Crippen molar-refractivity contribution in [2.24, 2.45) is 0 Å². The van der Waals surface area contributed by atoms with Crippen LogP contribution in [0.15, 0.2) is 42.5 Å². The molecule has 0 unspecified atom stereocenters. The van der Waals surface area contributed by atoms with Gasteiger partial charge in [0.25, 0.3) is 0 Å². The van der Waals surface area contributed by atoms with Crippen LogP contribution in [-0.4, -0.2) is 69.1 Å². The fraction of sp³-hybridized carbons (Fsp3) is 0.0833. The van der Waals surface area contributed by atoms with Gasteiger partial charge in [-0.05, 0) is 34.0 Å². The average molecular weight is 438 g/mol. The largest absolute Gasteiger partial charge is 0.497 e. The van der Waals surface area contributed by atoms with Crippen LogP contribution < -0.4 is 53.0 Å². The molecule has 0 bridgehead atoms. The smallest absolute Gasteiger partial charge is 0.140 e. The molecule has 0 saturated carbocycles. The molecular weight excluding hydrogens is 410 g/mol. The second kappa shape index (κ2) is 9.33. The Morgan fingerprint density at radius 3 is 1.65 bits per heavy atom. The van der Waals surface area contributed by atoms with Crippen molar-refractivity contribution in [3.05, 3.63) is 42.5 Å². The van der Waals surface area contributed by atoms with Crippen molar-refractivity contribution < 1.29 is 9.47 Å². The monoisotopic (exact) mass is 439 g/mol. The van der Waals surface area contributed by atoms with Gasteiger partial charge in [0.15, 0.2) is 0 Å². The molecule has 0 fully saturated rings. The van der Waals surface area contributed by atoms with Gasteiger partial charge in [-0.15, -0.1) is 10.9 Å². The van der Waals surface area contributed by atoms with Gasteiger partial charge in [0.1, 0.15) is 66.4 Å². The molecule has 4 rings (SSSR count). The molecule has 0 spiro atoms. The maximum atomic E-state index is 5.43. The van der Waals surface area contributed by atoms with E-state index in [-0.39, 0.29) is 0 Å². The predicted octanol–water partition coefficient (Wildman–Crippen LogP) is -5.92. The van der Waals surface area contributed by atoms with Gasteiger partial charge in [-0.2, -0.15) is 0 Å². The van der Waals surface area contributed by atoms with Gasteiger partial charge in [0.2, 0.25) is 0 Å². The molecule has 0 aliphatic rings. The molecule has 0 amide bonds. The number of anilines is 2. The summed E-state index contributed by atoms with van der Waals surface area (Å²) >= 11 is 0. The van der Waals surface area contributed by atoms with E-state index in [1.807, 2.05) is 18.2 Å². The van der Waals surface area contributed by atoms with E-state index in [2.05, 4.69) is 84.5 Å². The summed E-state index contributed by atoms with van der Waals surface area (Å²) in [6.45, 7) is 0. The van der Waals surface area contributed by atoms with Crippen molar-refractivity contribution in [3.63, 3.8) is 0 Å². The Morgan fingerprint density at radius 2 is 1.09 bits per heavy atom. The van der Waals surface area contributed by atoms with Gasteiger partial charge in [-0.1, -0.05) is 39.4 Å². The lowest BCUT2D eigenvalue weighted by atomic mass is 9.58. The second-order valence-electron chi connectivity index (χ2n) is 9.31. The first kappa shape index (κ1) is 24.1. The highest BCUT2D eigenvalue weighted by molar-refractivity contribution is 6.72. The van der Waals surface area contributed by atoms with E-state index in [4.69, 9.17) is 9.47 Å². The third kappa shape index (κ3) is 4.04. The number of fused-ring (bicyclic) bond motifs is 1. The third-order valence-corrected chi connectivity index (χ3v) is 7.54. The maximum Gasteiger partial charge on any atom is 0.140 e. The van der Waals surface area contributed by atoms with Crippen LogP contribution in [0.4, 0.5) is 11.4 Å². The van der Waals surface area contributed by atoms with Gasteiger partial charge in [0.05, 0.1) is 14.2 Å². The topological polar surface area (TPSA) is 30.5 Å². The van der Waals surface area contributed by atoms with E-state index >= 15 is 0 Å². The number of hydrogen-bond acceptors (Lipinski definition) is 3. The number of methoxy groups -OCH3 is 2. The minimum atomic E-state index is 0.756. The van der Waals surface area contributed by atoms with Crippen molar-refractivity contribution in [1.82, 2.24) is 0 Å². The van der Waals surface area contributed by atoms with E-state index in [0.717, 1.165) is 22.9 Å². The van der Waals surface area contributed by atoms with Crippen LogP contribution in [-0.2, 0) is 0 Å². The number of ether oxygens (including phenoxy) is 2. The highest BCUT2D eigenvalue weighted by Crippen LogP contribution is 2.29. The van der Waals surface area contributed by atoms with Crippen LogP contribution in [0, 0.1) is 0 Å². The van der Waals surface area contributed by atoms with Crippen LogP contribution in [0.3, 0.4) is 0 Å². The van der Waals surface area contributed by atoms with Crippen molar-refractivity contribution in [2.45, 2.75) is 0 Å². The molecule has 4 aromatic rings. The summed E-state index contributed by atoms with van der Waals surface area (Å²) in [7, 11) is 19.2. The Balaban J connectivity index is 1.88. The van der Waals surface area contributed by atoms with Crippen LogP contribution in [0.25, 0.3) is 21.9 Å². The lowest BCUT2D eigenvalue weighted by Crippen LogP contribution is -2.52. The van der Waals surface area contributed by atoms with Crippen molar-refractivity contribution in [1.29, 1.82) is 0 Å². The normalized spacial score (nSPS) is 10.9. The maximum absolute atomic E-state index is 5.43. The molecule has 1 N–H and O–H groups in total. The number of rotatable bonds is 5. The number of benzene rings is 4. The summed E-state index contributed by atoms with van der Waals surface area (Å²) in [4.78, 5) is 0. The summed E-state index contributed by atoms with van der Waals surface area (Å²) < 4.78 is 10.9. The van der Waals surface area contributed by atoms with E-state index in [1.54, 1.807) is 14.2 Å². The molecule has 10 heteroatoms. The van der Waals surface area contributed by atoms with Gasteiger partial charge in [-0.3, -0.25) is 0 Å². The Morgan fingerprint density at radius 1 is 0.559 bits per heavy atom. The average Bonchev–Trinajstić information content (AvgIpc) is 2.83. The van der Waals surface area contributed by atoms with Gasteiger partial charge in [0, 0.05) is 29.6 Å². The predicted molar refractivity (Wildman–Crippen MR) is 169 cm³/mol. The lowest BCUT2D eigenvalue weighted by molar-refractivity contribution is 0.395. The summed E-state index contributed by atoms with van der Waals surface area (Å²) in [6, 6.07) is 14.5. The first-order valence-electron chi connectivity index (χ1n) is 11.8. The molecule has 162 valence electrons. The molecule has 0 heterocycles. The van der Waals surface area contributed by atoms with Crippen molar-refractivity contribution in [3.8, 4) is 22.6 Å². The third-order valence-electron chi connectivity index (χ3n) is 7.54. The van der Waals surface area contributed by atoms with Crippen molar-refractivity contribution in [2.75, 3.05) is 19.5 Å². The van der Waals surface area contributed by atoms with E-state index in [0.29, 0.717) is 0 Å². The minimum Gasteiger partial charge on any atom is -0.497 e. The van der Waals surface area contributed by atoms with Gasteiger partial charge in [-0.25, -0.2) is 0 Å². The molecule has 4 aromatic carbocycles. The van der Waals surface area contributed by atoms with E-state index < -0.39 is 0 Å². The molecule has 0 radical (unpaired) electrons. The summed E-state index contributed by atoms with van der Waals surface area (Å²) in [5.41, 5.74) is 14.1. The van der Waals surface area contributed by atoms with Crippen molar-refractivity contribution >= 4 is 115 Å². The SMILES string of the molecule is Bc1c(B)c(B)c2c(B)c(-c3cccc(Nc4cc(OC)cc(OC)c4)c3)c(B)c(B)c2c1B. The minimum absolute atomic E-state index is 0.756. The fourth-order valence-electron chi connectivity index (χ4n) is 5.26. The molecule has 0 aliphatic heterocycles. The zero-order valence-electron chi connectivity index (χ0n) is 21.9. The van der Waals surface area contributed by atoms with Crippen LogP contribution in [0.5, 0.6) is 11.5 Å². The van der Waals surface area contributed by atoms with Crippen LogP contribution >= 0.6 is 0 Å². The van der Waals surface area contributed by atoms with Crippen LogP contribution in [0.2, 0.25) is 0 Å². The quantitative estimate of drug-likeness (QED) is 0.315. The molecule has 3 nitrogen and oxygen atoms in total. The lowest BCUT2D eigenvalue weighted by Gasteiger charge is -2.24. The summed E-state index contributed by atoms with van der Waals surface area (Å²) in [5, 5.41) is 6.34. The van der Waals surface area contributed by atoms with Crippen LogP contribution in [0.1, 0.15) is 0 Å². The Hall–Kier alpha value is -3.01. The molecule has 0 aromatic heterocycles. The Kier molecular flexibility index (Phi) is 6.62. The second-order valence-corrected chi connectivity index (χ2v) is 9.31. The van der Waals surface area contributed by atoms with E-state index in [9.17, 15) is 0 Å². The molecular formula is C24H28B7NO2. The standard InChI is InChI=1S/C24H28B7NO2/c1-33-13-7-12(8-14(9-13)34-2)32-11-5-3-4-10(6-11)15-18(25)16-17(20(27)19(15)26)22(29)24(31)23(30)21(16)28/h3-9,32H,25-31H2,1-2H3. The number of hydrogen-bond donors (Lipinski definition) is 1. The highest BCUT2D eigenvalue weighted by Gasteiger charge is 2.18. The number of nitrogens with one attached hydrogen (secondary N) is 1. The summed E-state index contributed by atoms with van der Waals surface area (Å²) in [5.74, 6) is 1.51. The Bertz CT molecular complexity index is 1420. The van der Waals surface area contributed by atoms with Gasteiger partial charge < -0.3 is 14.8 Å². The molecule has 34 heavy (non-hydrogen) atoms. The first-order chi connectivity index (χ1) is 16.2. The first-order valence-corrected chi connectivity index (χ1v) is 11.8. The zero-order valence-corrected chi connectivity index (χ0v) is 21.9. The fourth-order valence-corrected chi connectivity index (χ4v) is 5.26. The van der Waals surface area contributed by atoms with E-state index in [1.165, 1.54) is 60.1 Å². The summed E-state index contributed by atoms with van der Waals surface area (Å²) in [6.07, 6.45) is 0. The molecule has 0 atom stereocenters. The highest BCUT2D eigenvalue weighted by atomic mass is 16.5. The molecule has 0 saturated heterocycles. The van der Waals surface area contributed by atoms with Gasteiger partial charge >= 0.3 is 0 Å². The Labute approximate surface area is 209 Å². The zero-order chi connectivity index (χ0) is 24.7. The molecule has 0 aliphatic carbocycles.